The van der Waals surface area contributed by atoms with Gasteiger partial charge in [-0.2, -0.15) is 0 Å². The van der Waals surface area contributed by atoms with Crippen LogP contribution in [-0.4, -0.2) is 45.8 Å². The first-order valence-corrected chi connectivity index (χ1v) is 7.59. The summed E-state index contributed by atoms with van der Waals surface area (Å²) in [6.45, 7) is 4.70. The summed E-state index contributed by atoms with van der Waals surface area (Å²) in [7, 11) is 0. The number of hydrogen-bond donors (Lipinski definition) is 2. The van der Waals surface area contributed by atoms with Gasteiger partial charge in [-0.05, 0) is 6.92 Å². The number of fused-ring (bicyclic) bond motifs is 1. The van der Waals surface area contributed by atoms with Crippen LogP contribution in [0.1, 0.15) is 20.8 Å². The number of carboxylic acids is 1. The van der Waals surface area contributed by atoms with Gasteiger partial charge in [-0.1, -0.05) is 6.92 Å². The molecule has 7 nitrogen and oxygen atoms in total. The molecule has 2 amide bonds. The van der Waals surface area contributed by atoms with Gasteiger partial charge < -0.3 is 25.2 Å². The summed E-state index contributed by atoms with van der Waals surface area (Å²) in [5.74, 6) is -2.60. The van der Waals surface area contributed by atoms with Crippen molar-refractivity contribution < 1.29 is 54.2 Å². The number of hydrogen-bond acceptors (Lipinski definition) is 6. The molecule has 0 spiro atoms. The molecular weight excluding hydrogens is 319 g/mol. The van der Waals surface area contributed by atoms with Crippen LogP contribution in [0.2, 0.25) is 0 Å². The third kappa shape index (κ3) is 3.21. The van der Waals surface area contributed by atoms with Crippen molar-refractivity contribution in [1.29, 1.82) is 0 Å². The summed E-state index contributed by atoms with van der Waals surface area (Å²) in [6, 6.07) is -0.356. The molecule has 0 radical (unpaired) electrons. The Labute approximate surface area is 154 Å². The molecule has 0 aromatic carbocycles. The average Bonchev–Trinajstić information content (AvgIpc) is 2.59. The fourth-order valence-corrected chi connectivity index (χ4v) is 4.07. The van der Waals surface area contributed by atoms with Crippen molar-refractivity contribution >= 4 is 29.5 Å². The van der Waals surface area contributed by atoms with Gasteiger partial charge in [0.2, 0.25) is 11.8 Å². The number of aliphatic hydroxyl groups is 1. The van der Waals surface area contributed by atoms with Gasteiger partial charge in [0.1, 0.15) is 0 Å². The van der Waals surface area contributed by atoms with E-state index in [1.807, 2.05) is 6.92 Å². The number of thioether (sulfide) groups is 1. The Kier molecular flexibility index (Phi) is 6.52. The number of nitrogens with zero attached hydrogens (tertiary/aromatic N) is 1. The van der Waals surface area contributed by atoms with Crippen molar-refractivity contribution in [3.63, 3.8) is 0 Å². The number of amides is 2. The maximum atomic E-state index is 12.0. The van der Waals surface area contributed by atoms with Gasteiger partial charge in [0.15, 0.2) is 0 Å². The van der Waals surface area contributed by atoms with Crippen molar-refractivity contribution in [3.8, 4) is 0 Å². The normalized spacial score (nSPS) is 27.7. The topological polar surface area (TPSA) is 110 Å². The van der Waals surface area contributed by atoms with Gasteiger partial charge >= 0.3 is 29.6 Å². The van der Waals surface area contributed by atoms with E-state index in [4.69, 9.17) is 0 Å². The molecule has 2 aliphatic rings. The molecular formula is C13H17N2NaO5S. The van der Waals surface area contributed by atoms with Crippen molar-refractivity contribution in [1.82, 2.24) is 10.2 Å². The molecule has 0 aromatic heterocycles. The van der Waals surface area contributed by atoms with Gasteiger partial charge in [0, 0.05) is 17.7 Å². The molecule has 9 heteroatoms. The quantitative estimate of drug-likeness (QED) is 0.298. The molecule has 0 aromatic rings. The summed E-state index contributed by atoms with van der Waals surface area (Å²) < 4.78 is 0. The summed E-state index contributed by atoms with van der Waals surface area (Å²) >= 11 is 1.17. The van der Waals surface area contributed by atoms with Gasteiger partial charge in [0.05, 0.1) is 35.6 Å². The minimum absolute atomic E-state index is 0. The van der Waals surface area contributed by atoms with Crippen molar-refractivity contribution in [3.05, 3.63) is 10.6 Å². The Morgan fingerprint density at radius 1 is 1.50 bits per heavy atom. The SMILES string of the molecule is CC(=O)NCSC1=C(C(=O)[O-])N2C(=O)C(C(C)O)C2C1C.[Na+]. The molecule has 116 valence electrons. The second kappa shape index (κ2) is 7.35. The fraction of sp³-hybridized carbons (Fsp3) is 0.615. The predicted octanol–water partition coefficient (Wildman–Crippen LogP) is -4.36. The van der Waals surface area contributed by atoms with Crippen molar-refractivity contribution in [2.75, 3.05) is 5.88 Å². The van der Waals surface area contributed by atoms with Gasteiger partial charge in [-0.25, -0.2) is 0 Å². The van der Waals surface area contributed by atoms with Crippen molar-refractivity contribution in [2.45, 2.75) is 32.9 Å². The van der Waals surface area contributed by atoms with E-state index in [9.17, 15) is 24.6 Å². The van der Waals surface area contributed by atoms with E-state index in [0.717, 1.165) is 0 Å². The number of carbonyl (C=O) groups is 3. The smallest absolute Gasteiger partial charge is 0.543 e. The van der Waals surface area contributed by atoms with Crippen LogP contribution in [-0.2, 0) is 14.4 Å². The second-order valence-corrected chi connectivity index (χ2v) is 6.29. The van der Waals surface area contributed by atoms with Crippen LogP contribution in [0.25, 0.3) is 0 Å². The number of aliphatic carboxylic acids is 1. The molecule has 2 N–H and O–H groups in total. The molecule has 2 heterocycles. The van der Waals surface area contributed by atoms with E-state index in [1.165, 1.54) is 30.5 Å². The maximum Gasteiger partial charge on any atom is 1.00 e. The molecule has 4 unspecified atom stereocenters. The Hall–Kier alpha value is -0.540. The van der Waals surface area contributed by atoms with E-state index in [2.05, 4.69) is 5.32 Å². The Morgan fingerprint density at radius 3 is 2.55 bits per heavy atom. The Morgan fingerprint density at radius 2 is 2.09 bits per heavy atom. The van der Waals surface area contributed by atoms with E-state index in [1.54, 1.807) is 0 Å². The second-order valence-electron chi connectivity index (χ2n) is 5.28. The molecule has 1 saturated heterocycles. The van der Waals surface area contributed by atoms with Crippen molar-refractivity contribution in [2.24, 2.45) is 11.8 Å². The van der Waals surface area contributed by atoms with E-state index < -0.39 is 23.9 Å². The number of aliphatic hydroxyl groups excluding tert-OH is 1. The van der Waals surface area contributed by atoms with Crippen LogP contribution in [0.5, 0.6) is 0 Å². The zero-order chi connectivity index (χ0) is 15.9. The third-order valence-electron chi connectivity index (χ3n) is 3.85. The van der Waals surface area contributed by atoms with E-state index in [0.29, 0.717) is 4.91 Å². The summed E-state index contributed by atoms with van der Waals surface area (Å²) in [4.78, 5) is 36.0. The number of carbonyl (C=O) groups excluding carboxylic acids is 3. The molecule has 4 atom stereocenters. The minimum Gasteiger partial charge on any atom is -0.543 e. The standard InChI is InChI=1S/C13H18N2O5S.Na/c1-5-9-8(6(2)16)12(18)15(9)10(13(19)20)11(5)21-4-14-7(3)17;/h5-6,8-9,16H,4H2,1-3H3,(H,14,17)(H,19,20);/q;+1/p-1. The molecule has 2 aliphatic heterocycles. The van der Waals surface area contributed by atoms with Crippen LogP contribution >= 0.6 is 11.8 Å². The molecule has 1 fully saturated rings. The van der Waals surface area contributed by atoms with Crippen LogP contribution in [0.15, 0.2) is 10.6 Å². The third-order valence-corrected chi connectivity index (χ3v) is 5.02. The Bertz CT molecular complexity index is 537. The molecule has 0 bridgehead atoms. The molecule has 2 rings (SSSR count). The predicted molar refractivity (Wildman–Crippen MR) is 73.3 cm³/mol. The number of rotatable bonds is 5. The van der Waals surface area contributed by atoms with Crippen LogP contribution in [0.3, 0.4) is 0 Å². The fourth-order valence-electron chi connectivity index (χ4n) is 2.92. The zero-order valence-corrected chi connectivity index (χ0v) is 15.8. The molecule has 22 heavy (non-hydrogen) atoms. The van der Waals surface area contributed by atoms with Crippen LogP contribution in [0.4, 0.5) is 0 Å². The number of carboxylic acid groups (broad SMARTS) is 1. The summed E-state index contributed by atoms with van der Waals surface area (Å²) in [5.41, 5.74) is -0.134. The minimum atomic E-state index is -1.41. The first kappa shape index (κ1) is 19.5. The zero-order valence-electron chi connectivity index (χ0n) is 13.0. The molecule has 0 aliphatic carbocycles. The maximum absolute atomic E-state index is 12.0. The number of β-lactam (4-membered cyclic amide) rings is 1. The first-order chi connectivity index (χ1) is 9.77. The average molecular weight is 336 g/mol. The number of nitrogens with one attached hydrogen (secondary N) is 1. The summed E-state index contributed by atoms with van der Waals surface area (Å²) in [6.07, 6.45) is -0.830. The van der Waals surface area contributed by atoms with E-state index >= 15 is 0 Å². The van der Waals surface area contributed by atoms with Gasteiger partial charge in [-0.15, -0.1) is 11.8 Å². The monoisotopic (exact) mass is 336 g/mol. The van der Waals surface area contributed by atoms with Gasteiger partial charge in [0.25, 0.3) is 0 Å². The Balaban J connectivity index is 0.00000242. The van der Waals surface area contributed by atoms with Gasteiger partial charge in [-0.3, -0.25) is 9.59 Å². The van der Waals surface area contributed by atoms with Crippen LogP contribution < -0.4 is 40.0 Å². The summed E-state index contributed by atoms with van der Waals surface area (Å²) in [5, 5.41) is 23.6. The largest absolute Gasteiger partial charge is 1.00 e. The first-order valence-electron chi connectivity index (χ1n) is 6.61. The molecule has 0 saturated carbocycles. The van der Waals surface area contributed by atoms with E-state index in [-0.39, 0.29) is 59.0 Å². The van der Waals surface area contributed by atoms with Crippen LogP contribution in [0, 0.1) is 11.8 Å².